The minimum absolute atomic E-state index is 0.00178. The number of methoxy groups -OCH3 is 1. The van der Waals surface area contributed by atoms with E-state index in [4.69, 9.17) is 9.15 Å². The van der Waals surface area contributed by atoms with Gasteiger partial charge in [-0.05, 0) is 37.6 Å². The zero-order valence-electron chi connectivity index (χ0n) is 14.9. The molecule has 0 spiro atoms. The number of fused-ring (bicyclic) bond motifs is 2. The average molecular weight is 349 g/mol. The monoisotopic (exact) mass is 349 g/mol. The molecule has 0 atom stereocenters. The van der Waals surface area contributed by atoms with Gasteiger partial charge in [-0.25, -0.2) is 4.79 Å². The number of furan rings is 1. The van der Waals surface area contributed by atoms with Crippen molar-refractivity contribution in [3.63, 3.8) is 0 Å². The van der Waals surface area contributed by atoms with Crippen molar-refractivity contribution in [2.24, 2.45) is 0 Å². The Morgan fingerprint density at radius 1 is 1.19 bits per heavy atom. The minimum atomic E-state index is -0.652. The molecule has 0 saturated heterocycles. The highest BCUT2D eigenvalue weighted by Gasteiger charge is 2.44. The summed E-state index contributed by atoms with van der Waals surface area (Å²) in [6, 6.07) is 13.1. The fraction of sp³-hybridized carbons (Fsp3) is 0.238. The van der Waals surface area contributed by atoms with E-state index in [9.17, 15) is 9.59 Å². The Balaban J connectivity index is 1.81. The third-order valence-corrected chi connectivity index (χ3v) is 5.05. The third-order valence-electron chi connectivity index (χ3n) is 5.05. The summed E-state index contributed by atoms with van der Waals surface area (Å²) >= 11 is 0. The average Bonchev–Trinajstić information content (AvgIpc) is 3.19. The Morgan fingerprint density at radius 3 is 2.77 bits per heavy atom. The van der Waals surface area contributed by atoms with Gasteiger partial charge in [0, 0.05) is 16.6 Å². The normalized spacial score (nSPS) is 15.3. The predicted octanol–water partition coefficient (Wildman–Crippen LogP) is 4.04. The molecule has 0 unspecified atom stereocenters. The maximum absolute atomic E-state index is 13.1. The van der Waals surface area contributed by atoms with Crippen molar-refractivity contribution in [3.05, 3.63) is 65.4 Å². The Labute approximate surface area is 151 Å². The first-order valence-corrected chi connectivity index (χ1v) is 8.43. The van der Waals surface area contributed by atoms with Crippen LogP contribution in [0, 0.1) is 0 Å². The van der Waals surface area contributed by atoms with Crippen molar-refractivity contribution >= 4 is 28.5 Å². The summed E-state index contributed by atoms with van der Waals surface area (Å²) < 4.78 is 10.4. The van der Waals surface area contributed by atoms with E-state index in [1.54, 1.807) is 23.3 Å². The number of para-hydroxylation sites is 1. The molecule has 0 N–H and O–H groups in total. The molecular formula is C21H19NO4. The molecule has 1 aliphatic heterocycles. The molecule has 0 fully saturated rings. The molecule has 0 aliphatic carbocycles. The van der Waals surface area contributed by atoms with Crippen LogP contribution in [0.4, 0.5) is 5.69 Å². The molecule has 26 heavy (non-hydrogen) atoms. The van der Waals surface area contributed by atoms with Gasteiger partial charge in [-0.15, -0.1) is 0 Å². The standard InChI is InChI=1S/C21H19NO4/c1-21(2)16-8-7-14(19(23)25-3)11-17(16)22(20(21)24)12-15-6-4-5-13-9-10-26-18(13)15/h4-11H,12H2,1-3H3. The van der Waals surface area contributed by atoms with Crippen molar-refractivity contribution in [1.82, 2.24) is 0 Å². The number of anilines is 1. The first-order valence-electron chi connectivity index (χ1n) is 8.43. The van der Waals surface area contributed by atoms with Crippen LogP contribution >= 0.6 is 0 Å². The second-order valence-corrected chi connectivity index (χ2v) is 7.00. The summed E-state index contributed by atoms with van der Waals surface area (Å²) in [7, 11) is 1.35. The van der Waals surface area contributed by atoms with Crippen molar-refractivity contribution in [3.8, 4) is 0 Å². The SMILES string of the molecule is COC(=O)c1ccc2c(c1)N(Cc1cccc3ccoc13)C(=O)C2(C)C. The largest absolute Gasteiger partial charge is 0.465 e. The van der Waals surface area contributed by atoms with E-state index < -0.39 is 11.4 Å². The number of nitrogens with zero attached hydrogens (tertiary/aromatic N) is 1. The second-order valence-electron chi connectivity index (χ2n) is 7.00. The summed E-state index contributed by atoms with van der Waals surface area (Å²) in [6.07, 6.45) is 1.65. The Kier molecular flexibility index (Phi) is 3.61. The van der Waals surface area contributed by atoms with Gasteiger partial charge in [0.2, 0.25) is 5.91 Å². The van der Waals surface area contributed by atoms with E-state index in [1.165, 1.54) is 7.11 Å². The number of carbonyl (C=O) groups excluding carboxylic acids is 2. The lowest BCUT2D eigenvalue weighted by molar-refractivity contribution is -0.122. The van der Waals surface area contributed by atoms with Gasteiger partial charge in [0.1, 0.15) is 5.58 Å². The molecule has 0 saturated carbocycles. The first kappa shape index (κ1) is 16.4. The van der Waals surface area contributed by atoms with E-state index in [2.05, 4.69) is 0 Å². The van der Waals surface area contributed by atoms with E-state index in [1.807, 2.05) is 44.2 Å². The topological polar surface area (TPSA) is 59.8 Å². The maximum Gasteiger partial charge on any atom is 0.337 e. The highest BCUT2D eigenvalue weighted by atomic mass is 16.5. The van der Waals surface area contributed by atoms with Gasteiger partial charge in [-0.3, -0.25) is 4.79 Å². The second kappa shape index (κ2) is 5.73. The van der Waals surface area contributed by atoms with Crippen LogP contribution in [0.25, 0.3) is 11.0 Å². The number of benzene rings is 2. The molecule has 2 heterocycles. The van der Waals surface area contributed by atoms with Crippen LogP contribution in [0.15, 0.2) is 53.1 Å². The third kappa shape index (κ3) is 2.31. The smallest absolute Gasteiger partial charge is 0.337 e. The number of hydrogen-bond acceptors (Lipinski definition) is 4. The van der Waals surface area contributed by atoms with E-state index in [0.29, 0.717) is 12.1 Å². The molecular weight excluding hydrogens is 330 g/mol. The summed E-state index contributed by atoms with van der Waals surface area (Å²) in [5, 5.41) is 0.997. The fourth-order valence-electron chi connectivity index (χ4n) is 3.60. The summed E-state index contributed by atoms with van der Waals surface area (Å²) in [4.78, 5) is 26.7. The Hall–Kier alpha value is -3.08. The van der Waals surface area contributed by atoms with Crippen LogP contribution in [0.3, 0.4) is 0 Å². The number of carbonyl (C=O) groups is 2. The van der Waals surface area contributed by atoms with Crippen molar-refractivity contribution in [2.75, 3.05) is 12.0 Å². The Morgan fingerprint density at radius 2 is 2.00 bits per heavy atom. The molecule has 4 rings (SSSR count). The summed E-state index contributed by atoms with van der Waals surface area (Å²) in [6.45, 7) is 4.18. The number of esters is 1. The van der Waals surface area contributed by atoms with Crippen LogP contribution in [0.2, 0.25) is 0 Å². The van der Waals surface area contributed by atoms with Crippen molar-refractivity contribution in [1.29, 1.82) is 0 Å². The van der Waals surface area contributed by atoms with Gasteiger partial charge in [0.25, 0.3) is 0 Å². The molecule has 1 aliphatic rings. The van der Waals surface area contributed by atoms with Gasteiger partial charge in [0.15, 0.2) is 0 Å². The molecule has 0 bridgehead atoms. The minimum Gasteiger partial charge on any atom is -0.465 e. The van der Waals surface area contributed by atoms with Gasteiger partial charge >= 0.3 is 5.97 Å². The number of amides is 1. The van der Waals surface area contributed by atoms with Gasteiger partial charge in [-0.1, -0.05) is 24.3 Å². The highest BCUT2D eigenvalue weighted by molar-refractivity contribution is 6.08. The first-order chi connectivity index (χ1) is 12.4. The van der Waals surface area contributed by atoms with Gasteiger partial charge in [0.05, 0.1) is 30.9 Å². The molecule has 5 heteroatoms. The maximum atomic E-state index is 13.1. The molecule has 0 radical (unpaired) electrons. The van der Waals surface area contributed by atoms with E-state index >= 15 is 0 Å². The molecule has 1 amide bonds. The molecule has 1 aromatic heterocycles. The molecule has 132 valence electrons. The van der Waals surface area contributed by atoms with Crippen molar-refractivity contribution in [2.45, 2.75) is 25.8 Å². The number of hydrogen-bond donors (Lipinski definition) is 0. The molecule has 3 aromatic rings. The van der Waals surface area contributed by atoms with Crippen LogP contribution in [-0.4, -0.2) is 19.0 Å². The fourth-order valence-corrected chi connectivity index (χ4v) is 3.60. The van der Waals surface area contributed by atoms with Crippen molar-refractivity contribution < 1.29 is 18.7 Å². The lowest BCUT2D eigenvalue weighted by Gasteiger charge is -2.20. The van der Waals surface area contributed by atoms with E-state index in [-0.39, 0.29) is 5.91 Å². The lowest BCUT2D eigenvalue weighted by Crippen LogP contribution is -2.35. The zero-order valence-corrected chi connectivity index (χ0v) is 14.9. The zero-order chi connectivity index (χ0) is 18.5. The number of rotatable bonds is 3. The Bertz CT molecular complexity index is 1030. The molecule has 5 nitrogen and oxygen atoms in total. The van der Waals surface area contributed by atoms with Crippen LogP contribution < -0.4 is 4.90 Å². The highest BCUT2D eigenvalue weighted by Crippen LogP contribution is 2.43. The van der Waals surface area contributed by atoms with Gasteiger partial charge in [-0.2, -0.15) is 0 Å². The quantitative estimate of drug-likeness (QED) is 0.670. The number of ether oxygens (including phenoxy) is 1. The van der Waals surface area contributed by atoms with Crippen LogP contribution in [-0.2, 0) is 21.5 Å². The lowest BCUT2D eigenvalue weighted by atomic mass is 9.86. The summed E-state index contributed by atoms with van der Waals surface area (Å²) in [5.41, 5.74) is 3.12. The predicted molar refractivity (Wildman–Crippen MR) is 98.2 cm³/mol. The van der Waals surface area contributed by atoms with E-state index in [0.717, 1.165) is 27.8 Å². The van der Waals surface area contributed by atoms with Gasteiger partial charge < -0.3 is 14.1 Å². The van der Waals surface area contributed by atoms with Crippen LogP contribution in [0.1, 0.15) is 35.3 Å². The summed E-state index contributed by atoms with van der Waals surface area (Å²) in [5.74, 6) is -0.420. The van der Waals surface area contributed by atoms with Crippen LogP contribution in [0.5, 0.6) is 0 Å². The molecule has 2 aromatic carbocycles.